The Morgan fingerprint density at radius 1 is 1.62 bits per heavy atom. The van der Waals surface area contributed by atoms with Crippen molar-refractivity contribution in [3.63, 3.8) is 0 Å². The van der Waals surface area contributed by atoms with Crippen molar-refractivity contribution in [2.75, 3.05) is 18.5 Å². The summed E-state index contributed by atoms with van der Waals surface area (Å²) in [6.07, 6.45) is 4.28. The number of esters is 1. The fourth-order valence-corrected chi connectivity index (χ4v) is 1.48. The second-order valence-corrected chi connectivity index (χ2v) is 3.91. The summed E-state index contributed by atoms with van der Waals surface area (Å²) in [5, 5.41) is 3.10. The highest BCUT2D eigenvalue weighted by molar-refractivity contribution is 9.10. The van der Waals surface area contributed by atoms with E-state index in [2.05, 4.69) is 31.2 Å². The molecule has 0 spiro atoms. The van der Waals surface area contributed by atoms with Crippen molar-refractivity contribution in [2.24, 2.45) is 0 Å². The number of hydrogen-bond acceptors (Lipinski definition) is 5. The lowest BCUT2D eigenvalue weighted by atomic mass is 10.3. The van der Waals surface area contributed by atoms with Crippen molar-refractivity contribution >= 4 is 27.7 Å². The van der Waals surface area contributed by atoms with Gasteiger partial charge < -0.3 is 10.1 Å². The molecule has 0 saturated heterocycles. The molecule has 0 fully saturated rings. The Morgan fingerprint density at radius 2 is 2.44 bits per heavy atom. The van der Waals surface area contributed by atoms with Gasteiger partial charge in [0.2, 0.25) is 0 Å². The predicted octanol–water partition coefficient (Wildman–Crippen LogP) is 1.99. The first kappa shape index (κ1) is 12.9. The molecule has 0 aliphatic carbocycles. The van der Waals surface area contributed by atoms with Gasteiger partial charge in [-0.3, -0.25) is 4.79 Å². The largest absolute Gasteiger partial charge is 0.466 e. The average Bonchev–Trinajstić information content (AvgIpc) is 2.27. The Hall–Kier alpha value is -1.17. The van der Waals surface area contributed by atoms with E-state index in [9.17, 15) is 4.79 Å². The number of rotatable bonds is 6. The molecular formula is C10H14BrN3O2. The minimum atomic E-state index is -0.161. The average molecular weight is 288 g/mol. The number of halogens is 1. The predicted molar refractivity (Wildman–Crippen MR) is 64.1 cm³/mol. The van der Waals surface area contributed by atoms with Gasteiger partial charge in [-0.15, -0.1) is 0 Å². The van der Waals surface area contributed by atoms with Gasteiger partial charge in [0.05, 0.1) is 11.1 Å². The van der Waals surface area contributed by atoms with Gasteiger partial charge in [-0.2, -0.15) is 0 Å². The van der Waals surface area contributed by atoms with Crippen molar-refractivity contribution in [1.82, 2.24) is 9.97 Å². The van der Waals surface area contributed by atoms with E-state index in [-0.39, 0.29) is 5.97 Å². The summed E-state index contributed by atoms with van der Waals surface area (Å²) >= 11 is 3.32. The van der Waals surface area contributed by atoms with Crippen LogP contribution >= 0.6 is 15.9 Å². The molecule has 1 heterocycles. The molecule has 1 rings (SSSR count). The minimum Gasteiger partial charge on any atom is -0.466 e. The smallest absolute Gasteiger partial charge is 0.305 e. The maximum absolute atomic E-state index is 11.0. The van der Waals surface area contributed by atoms with Crippen molar-refractivity contribution < 1.29 is 9.53 Å². The minimum absolute atomic E-state index is 0.161. The molecule has 1 N–H and O–H groups in total. The standard InChI is InChI=1S/C10H14BrN3O2/c1-2-16-9(15)4-3-5-13-10-8(11)6-12-7-14-10/h6-7H,2-5H2,1H3,(H,12,13,14). The molecule has 0 bridgehead atoms. The van der Waals surface area contributed by atoms with Gasteiger partial charge in [0.25, 0.3) is 0 Å². The summed E-state index contributed by atoms with van der Waals surface area (Å²) in [7, 11) is 0. The molecular weight excluding hydrogens is 274 g/mol. The highest BCUT2D eigenvalue weighted by Gasteiger charge is 2.02. The fraction of sp³-hybridized carbons (Fsp3) is 0.500. The van der Waals surface area contributed by atoms with E-state index < -0.39 is 0 Å². The quantitative estimate of drug-likeness (QED) is 0.640. The van der Waals surface area contributed by atoms with Crippen molar-refractivity contribution in [3.05, 3.63) is 17.0 Å². The monoisotopic (exact) mass is 287 g/mol. The molecule has 0 radical (unpaired) electrons. The Labute approximate surface area is 103 Å². The molecule has 0 amide bonds. The van der Waals surface area contributed by atoms with Crippen LogP contribution in [0, 0.1) is 0 Å². The van der Waals surface area contributed by atoms with Crippen LogP contribution in [0.25, 0.3) is 0 Å². The molecule has 0 aromatic carbocycles. The van der Waals surface area contributed by atoms with Crippen LogP contribution in [0.3, 0.4) is 0 Å². The third-order valence-electron chi connectivity index (χ3n) is 1.82. The van der Waals surface area contributed by atoms with Gasteiger partial charge in [0.1, 0.15) is 12.1 Å². The number of ether oxygens (including phenoxy) is 1. The van der Waals surface area contributed by atoms with E-state index in [4.69, 9.17) is 4.74 Å². The number of carbonyl (C=O) groups is 1. The zero-order valence-electron chi connectivity index (χ0n) is 9.07. The molecule has 6 heteroatoms. The van der Waals surface area contributed by atoms with E-state index >= 15 is 0 Å². The molecule has 5 nitrogen and oxygen atoms in total. The number of hydrogen-bond donors (Lipinski definition) is 1. The van der Waals surface area contributed by atoms with Gasteiger partial charge >= 0.3 is 5.97 Å². The van der Waals surface area contributed by atoms with E-state index in [1.807, 2.05) is 0 Å². The van der Waals surface area contributed by atoms with E-state index in [0.29, 0.717) is 19.6 Å². The van der Waals surface area contributed by atoms with Crippen LogP contribution in [0.1, 0.15) is 19.8 Å². The lowest BCUT2D eigenvalue weighted by Crippen LogP contribution is -2.09. The van der Waals surface area contributed by atoms with Crippen LogP contribution < -0.4 is 5.32 Å². The van der Waals surface area contributed by atoms with Crippen LogP contribution in [0.15, 0.2) is 17.0 Å². The molecule has 16 heavy (non-hydrogen) atoms. The van der Waals surface area contributed by atoms with Crippen molar-refractivity contribution in [2.45, 2.75) is 19.8 Å². The summed E-state index contributed by atoms with van der Waals surface area (Å²) in [6.45, 7) is 2.91. The summed E-state index contributed by atoms with van der Waals surface area (Å²) < 4.78 is 5.63. The van der Waals surface area contributed by atoms with E-state index in [1.165, 1.54) is 6.33 Å². The Bertz CT molecular complexity index is 347. The lowest BCUT2D eigenvalue weighted by molar-refractivity contribution is -0.143. The fourth-order valence-electron chi connectivity index (χ4n) is 1.12. The Kier molecular flexibility index (Phi) is 5.77. The third-order valence-corrected chi connectivity index (χ3v) is 2.40. The molecule has 0 saturated carbocycles. The second kappa shape index (κ2) is 7.16. The van der Waals surface area contributed by atoms with Gasteiger partial charge in [-0.25, -0.2) is 9.97 Å². The molecule has 1 aromatic heterocycles. The van der Waals surface area contributed by atoms with Gasteiger partial charge in [0, 0.05) is 19.2 Å². The number of anilines is 1. The zero-order valence-corrected chi connectivity index (χ0v) is 10.7. The second-order valence-electron chi connectivity index (χ2n) is 3.05. The molecule has 1 aromatic rings. The van der Waals surface area contributed by atoms with E-state index in [1.54, 1.807) is 13.1 Å². The summed E-state index contributed by atoms with van der Waals surface area (Å²) in [4.78, 5) is 18.9. The molecule has 0 aliphatic rings. The first-order valence-electron chi connectivity index (χ1n) is 5.09. The van der Waals surface area contributed by atoms with Gasteiger partial charge in [-0.05, 0) is 29.3 Å². The van der Waals surface area contributed by atoms with Crippen LogP contribution in [-0.4, -0.2) is 29.1 Å². The number of nitrogens with one attached hydrogen (secondary N) is 1. The maximum atomic E-state index is 11.0. The molecule has 0 aliphatic heterocycles. The summed E-state index contributed by atoms with van der Waals surface area (Å²) in [5.41, 5.74) is 0. The topological polar surface area (TPSA) is 64.1 Å². The number of carbonyl (C=O) groups excluding carboxylic acids is 1. The first-order valence-corrected chi connectivity index (χ1v) is 5.88. The zero-order chi connectivity index (χ0) is 11.8. The van der Waals surface area contributed by atoms with Gasteiger partial charge in [0.15, 0.2) is 0 Å². The lowest BCUT2D eigenvalue weighted by Gasteiger charge is -2.06. The molecule has 0 unspecified atom stereocenters. The highest BCUT2D eigenvalue weighted by atomic mass is 79.9. The molecule has 88 valence electrons. The van der Waals surface area contributed by atoms with Crippen molar-refractivity contribution in [3.8, 4) is 0 Å². The van der Waals surface area contributed by atoms with Crippen LogP contribution in [0.4, 0.5) is 5.82 Å². The van der Waals surface area contributed by atoms with Crippen LogP contribution in [0.2, 0.25) is 0 Å². The summed E-state index contributed by atoms with van der Waals surface area (Å²) in [6, 6.07) is 0. The SMILES string of the molecule is CCOC(=O)CCCNc1ncncc1Br. The highest BCUT2D eigenvalue weighted by Crippen LogP contribution is 2.16. The third kappa shape index (κ3) is 4.57. The maximum Gasteiger partial charge on any atom is 0.305 e. The summed E-state index contributed by atoms with van der Waals surface area (Å²) in [5.74, 6) is 0.574. The van der Waals surface area contributed by atoms with Gasteiger partial charge in [-0.1, -0.05) is 0 Å². The first-order chi connectivity index (χ1) is 7.74. The van der Waals surface area contributed by atoms with Crippen LogP contribution in [0.5, 0.6) is 0 Å². The van der Waals surface area contributed by atoms with Crippen LogP contribution in [-0.2, 0) is 9.53 Å². The molecule has 0 atom stereocenters. The number of aromatic nitrogens is 2. The van der Waals surface area contributed by atoms with Crippen molar-refractivity contribution in [1.29, 1.82) is 0 Å². The Morgan fingerprint density at radius 3 is 3.12 bits per heavy atom. The normalized spacial score (nSPS) is 9.88. The van der Waals surface area contributed by atoms with E-state index in [0.717, 1.165) is 16.7 Å². The Balaban J connectivity index is 2.21. The number of nitrogens with zero attached hydrogens (tertiary/aromatic N) is 2.